The number of nitriles is 1. The van der Waals surface area contributed by atoms with Gasteiger partial charge in [-0.2, -0.15) is 10.4 Å². The summed E-state index contributed by atoms with van der Waals surface area (Å²) in [5.74, 6) is 0.454. The maximum Gasteiger partial charge on any atom is 0.292 e. The molecule has 0 saturated carbocycles. The van der Waals surface area contributed by atoms with Gasteiger partial charge in [-0.05, 0) is 49.2 Å². The monoisotopic (exact) mass is 421 g/mol. The van der Waals surface area contributed by atoms with E-state index in [1.165, 1.54) is 6.33 Å². The number of benzene rings is 1. The zero-order valence-electron chi connectivity index (χ0n) is 16.2. The molecule has 1 amide bonds. The predicted molar refractivity (Wildman–Crippen MR) is 112 cm³/mol. The molecular formula is C19H19N9OS. The predicted octanol–water partition coefficient (Wildman–Crippen LogP) is 1.86. The van der Waals surface area contributed by atoms with Crippen LogP contribution in [0.15, 0.2) is 41.6 Å². The minimum absolute atomic E-state index is 0.172. The van der Waals surface area contributed by atoms with Gasteiger partial charge in [-0.3, -0.25) is 9.89 Å². The molecule has 3 aromatic rings. The quantitative estimate of drug-likeness (QED) is 0.593. The first-order valence-electron chi connectivity index (χ1n) is 9.31. The van der Waals surface area contributed by atoms with Gasteiger partial charge in [0, 0.05) is 42.5 Å². The Morgan fingerprint density at radius 1 is 1.20 bits per heavy atom. The molecule has 11 heteroatoms. The van der Waals surface area contributed by atoms with Gasteiger partial charge in [0.15, 0.2) is 0 Å². The van der Waals surface area contributed by atoms with E-state index in [9.17, 15) is 4.79 Å². The molecule has 30 heavy (non-hydrogen) atoms. The van der Waals surface area contributed by atoms with Crippen LogP contribution in [0.4, 0.5) is 11.6 Å². The SMILES string of the molecule is Cc1cc(C#N)nc(N2CCN(Sc3ccc(NC(=O)c4ncn[nH]4)cc3)CC2)n1. The van der Waals surface area contributed by atoms with Crippen molar-refractivity contribution >= 4 is 29.5 Å². The number of carbonyl (C=O) groups excluding carboxylic acids is 1. The molecule has 10 nitrogen and oxygen atoms in total. The number of carbonyl (C=O) groups is 1. The highest BCUT2D eigenvalue weighted by Gasteiger charge is 2.20. The molecule has 1 aliphatic heterocycles. The van der Waals surface area contributed by atoms with Crippen molar-refractivity contribution in [3.8, 4) is 6.07 Å². The van der Waals surface area contributed by atoms with Gasteiger partial charge in [-0.15, -0.1) is 0 Å². The van der Waals surface area contributed by atoms with Gasteiger partial charge in [-0.25, -0.2) is 19.3 Å². The van der Waals surface area contributed by atoms with Crippen LogP contribution in [-0.2, 0) is 0 Å². The number of aryl methyl sites for hydroxylation is 1. The average molecular weight is 421 g/mol. The van der Waals surface area contributed by atoms with E-state index in [0.29, 0.717) is 17.3 Å². The molecule has 0 aliphatic carbocycles. The number of H-pyrrole nitrogens is 1. The van der Waals surface area contributed by atoms with E-state index < -0.39 is 0 Å². The van der Waals surface area contributed by atoms with Crippen molar-refractivity contribution in [2.75, 3.05) is 36.4 Å². The van der Waals surface area contributed by atoms with E-state index in [0.717, 1.165) is 36.8 Å². The van der Waals surface area contributed by atoms with Crippen LogP contribution in [0.25, 0.3) is 0 Å². The standard InChI is InChI=1S/C19H19N9OS/c1-13-10-15(11-20)25-19(23-13)27-6-8-28(9-7-27)30-16-4-2-14(3-5-16)24-18(29)17-21-12-22-26-17/h2-5,10,12H,6-9H2,1H3,(H,24,29)(H,21,22,26). The van der Waals surface area contributed by atoms with Crippen LogP contribution in [0.1, 0.15) is 22.0 Å². The Hall–Kier alpha value is -3.49. The molecule has 4 rings (SSSR count). The third kappa shape index (κ3) is 4.73. The first-order valence-corrected chi connectivity index (χ1v) is 10.1. The van der Waals surface area contributed by atoms with Crippen LogP contribution in [0.5, 0.6) is 0 Å². The molecule has 1 aromatic carbocycles. The number of aromatic nitrogens is 5. The zero-order chi connectivity index (χ0) is 20.9. The third-order valence-corrected chi connectivity index (χ3v) is 5.56. The number of nitrogens with one attached hydrogen (secondary N) is 2. The second kappa shape index (κ2) is 8.89. The molecule has 2 aromatic heterocycles. The third-order valence-electron chi connectivity index (χ3n) is 4.46. The van der Waals surface area contributed by atoms with Crippen LogP contribution in [0.3, 0.4) is 0 Å². The summed E-state index contributed by atoms with van der Waals surface area (Å²) in [5, 5.41) is 18.1. The van der Waals surface area contributed by atoms with Crippen molar-refractivity contribution in [1.82, 2.24) is 29.5 Å². The number of amides is 1. The van der Waals surface area contributed by atoms with Crippen LogP contribution in [0.2, 0.25) is 0 Å². The topological polar surface area (TPSA) is 127 Å². The summed E-state index contributed by atoms with van der Waals surface area (Å²) in [6.07, 6.45) is 1.29. The molecule has 0 spiro atoms. The van der Waals surface area contributed by atoms with E-state index >= 15 is 0 Å². The molecule has 1 saturated heterocycles. The van der Waals surface area contributed by atoms with E-state index in [1.54, 1.807) is 18.0 Å². The lowest BCUT2D eigenvalue weighted by molar-refractivity contribution is 0.101. The van der Waals surface area contributed by atoms with Gasteiger partial charge in [0.1, 0.15) is 18.1 Å². The highest BCUT2D eigenvalue weighted by atomic mass is 32.2. The number of anilines is 2. The molecule has 0 atom stereocenters. The summed E-state index contributed by atoms with van der Waals surface area (Å²) < 4.78 is 2.28. The van der Waals surface area contributed by atoms with Crippen molar-refractivity contribution in [2.24, 2.45) is 0 Å². The molecule has 0 bridgehead atoms. The van der Waals surface area contributed by atoms with E-state index in [1.807, 2.05) is 31.2 Å². The van der Waals surface area contributed by atoms with Crippen LogP contribution >= 0.6 is 11.9 Å². The van der Waals surface area contributed by atoms with Crippen LogP contribution in [0, 0.1) is 18.3 Å². The van der Waals surface area contributed by atoms with Crippen molar-refractivity contribution in [3.05, 3.63) is 53.9 Å². The number of nitrogens with zero attached hydrogens (tertiary/aromatic N) is 7. The normalized spacial score (nSPS) is 14.3. The first kappa shape index (κ1) is 19.8. The Morgan fingerprint density at radius 3 is 2.63 bits per heavy atom. The maximum absolute atomic E-state index is 12.0. The number of hydrogen-bond donors (Lipinski definition) is 2. The van der Waals surface area contributed by atoms with Crippen molar-refractivity contribution < 1.29 is 4.79 Å². The molecule has 1 fully saturated rings. The number of hydrogen-bond acceptors (Lipinski definition) is 9. The Labute approximate surface area is 177 Å². The number of aromatic amines is 1. The minimum atomic E-state index is -0.332. The largest absolute Gasteiger partial charge is 0.338 e. The van der Waals surface area contributed by atoms with E-state index in [4.69, 9.17) is 5.26 Å². The van der Waals surface area contributed by atoms with Crippen LogP contribution in [-0.4, -0.2) is 61.5 Å². The van der Waals surface area contributed by atoms with E-state index in [2.05, 4.69) is 45.7 Å². The van der Waals surface area contributed by atoms with Crippen LogP contribution < -0.4 is 10.2 Å². The first-order chi connectivity index (χ1) is 14.6. The fraction of sp³-hybridized carbons (Fsp3) is 0.263. The van der Waals surface area contributed by atoms with Crippen molar-refractivity contribution in [1.29, 1.82) is 5.26 Å². The second-order valence-electron chi connectivity index (χ2n) is 6.63. The summed E-state index contributed by atoms with van der Waals surface area (Å²) in [7, 11) is 0. The van der Waals surface area contributed by atoms with Gasteiger partial charge >= 0.3 is 0 Å². The summed E-state index contributed by atoms with van der Waals surface area (Å²) in [5.41, 5.74) is 1.88. The summed E-state index contributed by atoms with van der Waals surface area (Å²) in [4.78, 5) is 27.8. The fourth-order valence-corrected chi connectivity index (χ4v) is 3.89. The molecule has 0 radical (unpaired) electrons. The Morgan fingerprint density at radius 2 is 1.97 bits per heavy atom. The minimum Gasteiger partial charge on any atom is -0.338 e. The Bertz CT molecular complexity index is 1050. The summed E-state index contributed by atoms with van der Waals surface area (Å²) in [6, 6.07) is 11.4. The maximum atomic E-state index is 12.0. The Balaban J connectivity index is 1.30. The molecular weight excluding hydrogens is 402 g/mol. The van der Waals surface area contributed by atoms with Gasteiger partial charge in [0.05, 0.1) is 0 Å². The molecule has 3 heterocycles. The van der Waals surface area contributed by atoms with Crippen molar-refractivity contribution in [2.45, 2.75) is 11.8 Å². The average Bonchev–Trinajstić information content (AvgIpc) is 3.30. The summed E-state index contributed by atoms with van der Waals surface area (Å²) >= 11 is 1.67. The lowest BCUT2D eigenvalue weighted by atomic mass is 10.3. The van der Waals surface area contributed by atoms with Gasteiger partial charge in [0.25, 0.3) is 5.91 Å². The van der Waals surface area contributed by atoms with Gasteiger partial charge in [0.2, 0.25) is 11.8 Å². The number of rotatable bonds is 5. The molecule has 1 aliphatic rings. The molecule has 2 N–H and O–H groups in total. The second-order valence-corrected chi connectivity index (χ2v) is 7.80. The molecule has 0 unspecified atom stereocenters. The lowest BCUT2D eigenvalue weighted by Crippen LogP contribution is -2.44. The van der Waals surface area contributed by atoms with Crippen molar-refractivity contribution in [3.63, 3.8) is 0 Å². The highest BCUT2D eigenvalue weighted by molar-refractivity contribution is 7.97. The smallest absolute Gasteiger partial charge is 0.292 e. The highest BCUT2D eigenvalue weighted by Crippen LogP contribution is 2.26. The zero-order valence-corrected chi connectivity index (χ0v) is 17.1. The number of piperazine rings is 1. The van der Waals surface area contributed by atoms with Gasteiger partial charge < -0.3 is 10.2 Å². The van der Waals surface area contributed by atoms with Gasteiger partial charge in [-0.1, -0.05) is 0 Å². The lowest BCUT2D eigenvalue weighted by Gasteiger charge is -2.33. The Kier molecular flexibility index (Phi) is 5.87. The fourth-order valence-electron chi connectivity index (χ4n) is 2.98. The van der Waals surface area contributed by atoms with E-state index in [-0.39, 0.29) is 11.7 Å². The molecule has 152 valence electrons. The summed E-state index contributed by atoms with van der Waals surface area (Å²) in [6.45, 7) is 5.12.